The number of anilines is 1. The molecule has 0 atom stereocenters. The fourth-order valence-corrected chi connectivity index (χ4v) is 3.89. The summed E-state index contributed by atoms with van der Waals surface area (Å²) >= 11 is 3.46. The lowest BCUT2D eigenvalue weighted by atomic mass is 10.1. The van der Waals surface area contributed by atoms with Crippen molar-refractivity contribution in [2.24, 2.45) is 0 Å². The van der Waals surface area contributed by atoms with Crippen LogP contribution >= 0.6 is 15.9 Å². The van der Waals surface area contributed by atoms with Crippen LogP contribution in [0.25, 0.3) is 6.08 Å². The summed E-state index contributed by atoms with van der Waals surface area (Å²) in [5.41, 5.74) is 0.382. The summed E-state index contributed by atoms with van der Waals surface area (Å²) in [6.45, 7) is 2.67. The van der Waals surface area contributed by atoms with Crippen LogP contribution in [0.3, 0.4) is 0 Å². The van der Waals surface area contributed by atoms with E-state index >= 15 is 0 Å². The van der Waals surface area contributed by atoms with Gasteiger partial charge in [0.05, 0.1) is 23.9 Å². The number of carbonyl (C=O) groups excluding carboxylic acids is 3. The molecule has 1 N–H and O–H groups in total. The second kappa shape index (κ2) is 11.1. The van der Waals surface area contributed by atoms with Gasteiger partial charge in [0.15, 0.2) is 11.5 Å². The van der Waals surface area contributed by atoms with Crippen molar-refractivity contribution in [3.8, 4) is 11.5 Å². The predicted octanol–water partition coefficient (Wildman–Crippen LogP) is 5.22. The number of nitrogens with one attached hydrogen (secondary N) is 1. The lowest BCUT2D eigenvalue weighted by Crippen LogP contribution is -2.54. The first-order valence-electron chi connectivity index (χ1n) is 10.5. The van der Waals surface area contributed by atoms with E-state index in [0.717, 1.165) is 42.7 Å². The van der Waals surface area contributed by atoms with Gasteiger partial charge in [-0.15, -0.1) is 0 Å². The number of barbiturate groups is 1. The molecule has 1 aliphatic heterocycles. The maximum absolute atomic E-state index is 13.3. The Balaban J connectivity index is 1.88. The van der Waals surface area contributed by atoms with Gasteiger partial charge in [-0.05, 0) is 70.4 Å². The van der Waals surface area contributed by atoms with Crippen LogP contribution < -0.4 is 19.7 Å². The molecular weight excluding hydrogens is 495 g/mol. The van der Waals surface area contributed by atoms with Gasteiger partial charge in [0, 0.05) is 0 Å². The third-order valence-corrected chi connectivity index (χ3v) is 5.58. The van der Waals surface area contributed by atoms with Crippen LogP contribution in [0, 0.1) is 5.82 Å². The summed E-state index contributed by atoms with van der Waals surface area (Å²) in [6.07, 6.45) is 5.62. The Kier molecular flexibility index (Phi) is 8.21. The predicted molar refractivity (Wildman–Crippen MR) is 126 cm³/mol. The number of imide groups is 2. The van der Waals surface area contributed by atoms with Crippen LogP contribution in [0.4, 0.5) is 14.9 Å². The Morgan fingerprint density at radius 3 is 2.48 bits per heavy atom. The zero-order valence-corrected chi connectivity index (χ0v) is 19.9. The number of hydrogen-bond donors (Lipinski definition) is 1. The van der Waals surface area contributed by atoms with E-state index in [2.05, 4.69) is 28.2 Å². The van der Waals surface area contributed by atoms with Crippen molar-refractivity contribution >= 4 is 45.5 Å². The molecule has 7 nitrogen and oxygen atoms in total. The molecule has 2 aromatic carbocycles. The van der Waals surface area contributed by atoms with Gasteiger partial charge >= 0.3 is 6.03 Å². The van der Waals surface area contributed by atoms with Gasteiger partial charge in [-0.1, -0.05) is 26.2 Å². The lowest BCUT2D eigenvalue weighted by molar-refractivity contribution is -0.122. The Morgan fingerprint density at radius 1 is 1.09 bits per heavy atom. The van der Waals surface area contributed by atoms with E-state index in [1.54, 1.807) is 12.1 Å². The first-order chi connectivity index (χ1) is 15.8. The fourth-order valence-electron chi connectivity index (χ4n) is 3.32. The smallest absolute Gasteiger partial charge is 0.335 e. The average Bonchev–Trinajstić information content (AvgIpc) is 2.78. The average molecular weight is 519 g/mol. The Morgan fingerprint density at radius 2 is 1.82 bits per heavy atom. The molecule has 1 fully saturated rings. The molecule has 0 spiro atoms. The summed E-state index contributed by atoms with van der Waals surface area (Å²) in [5.74, 6) is -1.20. The van der Waals surface area contributed by atoms with Crippen molar-refractivity contribution in [2.75, 3.05) is 18.6 Å². The molecule has 0 bridgehead atoms. The van der Waals surface area contributed by atoms with E-state index in [0.29, 0.717) is 28.1 Å². The fraction of sp³-hybridized carbons (Fsp3) is 0.292. The number of unbranched alkanes of at least 4 members (excludes halogenated alkanes) is 3. The number of hydrogen-bond acceptors (Lipinski definition) is 5. The van der Waals surface area contributed by atoms with E-state index in [-0.39, 0.29) is 11.3 Å². The maximum Gasteiger partial charge on any atom is 0.335 e. The molecule has 4 amide bonds. The molecule has 1 heterocycles. The number of carbonyl (C=O) groups is 3. The van der Waals surface area contributed by atoms with Crippen molar-refractivity contribution in [2.45, 2.75) is 32.6 Å². The van der Waals surface area contributed by atoms with Gasteiger partial charge in [-0.2, -0.15) is 0 Å². The van der Waals surface area contributed by atoms with E-state index in [1.165, 1.54) is 25.3 Å². The number of methoxy groups -OCH3 is 1. The topological polar surface area (TPSA) is 84.9 Å². The van der Waals surface area contributed by atoms with Crippen LogP contribution in [0.1, 0.15) is 38.2 Å². The number of rotatable bonds is 9. The zero-order chi connectivity index (χ0) is 24.0. The van der Waals surface area contributed by atoms with E-state index in [4.69, 9.17) is 9.47 Å². The van der Waals surface area contributed by atoms with Gasteiger partial charge in [-0.25, -0.2) is 14.1 Å². The van der Waals surface area contributed by atoms with Crippen molar-refractivity contribution in [3.05, 3.63) is 57.8 Å². The maximum atomic E-state index is 13.3. The molecule has 1 aliphatic rings. The Hall–Kier alpha value is -3.20. The highest BCUT2D eigenvalue weighted by atomic mass is 79.9. The molecule has 0 aromatic heterocycles. The first-order valence-corrected chi connectivity index (χ1v) is 11.3. The normalized spacial score (nSPS) is 15.1. The molecule has 174 valence electrons. The van der Waals surface area contributed by atoms with Crippen molar-refractivity contribution < 1.29 is 28.2 Å². The van der Waals surface area contributed by atoms with Crippen LogP contribution in [-0.4, -0.2) is 31.6 Å². The summed E-state index contributed by atoms with van der Waals surface area (Å²) in [5, 5.41) is 2.14. The minimum atomic E-state index is -0.903. The first kappa shape index (κ1) is 24.4. The van der Waals surface area contributed by atoms with Gasteiger partial charge in [0.1, 0.15) is 11.4 Å². The van der Waals surface area contributed by atoms with Crippen LogP contribution in [0.5, 0.6) is 11.5 Å². The van der Waals surface area contributed by atoms with Crippen molar-refractivity contribution in [1.82, 2.24) is 5.32 Å². The molecule has 33 heavy (non-hydrogen) atoms. The van der Waals surface area contributed by atoms with Gasteiger partial charge < -0.3 is 9.47 Å². The molecule has 3 rings (SSSR count). The molecule has 0 saturated carbocycles. The van der Waals surface area contributed by atoms with E-state index < -0.39 is 23.7 Å². The highest BCUT2D eigenvalue weighted by Crippen LogP contribution is 2.37. The van der Waals surface area contributed by atoms with Crippen molar-refractivity contribution in [3.63, 3.8) is 0 Å². The highest BCUT2D eigenvalue weighted by molar-refractivity contribution is 9.10. The lowest BCUT2D eigenvalue weighted by Gasteiger charge is -2.26. The zero-order valence-electron chi connectivity index (χ0n) is 18.3. The van der Waals surface area contributed by atoms with Crippen molar-refractivity contribution in [1.29, 1.82) is 0 Å². The second-order valence-corrected chi connectivity index (χ2v) is 8.23. The highest BCUT2D eigenvalue weighted by Gasteiger charge is 2.36. The minimum Gasteiger partial charge on any atom is -0.493 e. The van der Waals surface area contributed by atoms with Gasteiger partial charge in [0.2, 0.25) is 0 Å². The van der Waals surface area contributed by atoms with E-state index in [1.807, 2.05) is 0 Å². The summed E-state index contributed by atoms with van der Waals surface area (Å²) < 4.78 is 25.2. The molecule has 0 radical (unpaired) electrons. The molecule has 0 aliphatic carbocycles. The monoisotopic (exact) mass is 518 g/mol. The van der Waals surface area contributed by atoms with Crippen LogP contribution in [-0.2, 0) is 9.59 Å². The molecular formula is C24H24BrFN2O5. The number of nitrogens with zero attached hydrogens (tertiary/aromatic N) is 1. The Labute approximate surface area is 199 Å². The summed E-state index contributed by atoms with van der Waals surface area (Å²) in [7, 11) is 1.50. The number of halogens is 2. The third-order valence-electron chi connectivity index (χ3n) is 4.99. The quantitative estimate of drug-likeness (QED) is 0.279. The largest absolute Gasteiger partial charge is 0.493 e. The van der Waals surface area contributed by atoms with Crippen LogP contribution in [0.2, 0.25) is 0 Å². The molecule has 1 saturated heterocycles. The van der Waals surface area contributed by atoms with Crippen LogP contribution in [0.15, 0.2) is 46.4 Å². The second-order valence-electron chi connectivity index (χ2n) is 7.38. The summed E-state index contributed by atoms with van der Waals surface area (Å²) in [6, 6.07) is 7.24. The SMILES string of the molecule is CCCCCCOc1c(Br)cc(/C=C2\C(=O)NC(=O)N(c3ccc(F)cc3)C2=O)cc1OC. The Bertz CT molecular complexity index is 1090. The number of urea groups is 1. The number of benzene rings is 2. The third kappa shape index (κ3) is 5.78. The molecule has 2 aromatic rings. The van der Waals surface area contributed by atoms with Gasteiger partial charge in [0.25, 0.3) is 11.8 Å². The molecule has 0 unspecified atom stereocenters. The number of amides is 4. The summed E-state index contributed by atoms with van der Waals surface area (Å²) in [4.78, 5) is 38.5. The molecule has 9 heteroatoms. The number of ether oxygens (including phenoxy) is 2. The van der Waals surface area contributed by atoms with Gasteiger partial charge in [-0.3, -0.25) is 14.9 Å². The minimum absolute atomic E-state index is 0.142. The standard InChI is InChI=1S/C24H24BrFN2O5/c1-3-4-5-6-11-33-21-19(25)13-15(14-20(21)32-2)12-18-22(29)27-24(31)28(23(18)30)17-9-7-16(26)8-10-17/h7-10,12-14H,3-6,11H2,1-2H3,(H,27,29,31)/b18-12+. The van der Waals surface area contributed by atoms with E-state index in [9.17, 15) is 18.8 Å².